The van der Waals surface area contributed by atoms with Crippen LogP contribution in [-0.2, 0) is 11.3 Å². The molecule has 24 heavy (non-hydrogen) atoms. The van der Waals surface area contributed by atoms with E-state index in [4.69, 9.17) is 14.6 Å². The van der Waals surface area contributed by atoms with Gasteiger partial charge in [0.15, 0.2) is 11.5 Å². The van der Waals surface area contributed by atoms with E-state index in [1.54, 1.807) is 6.20 Å². The molecule has 2 rings (SSSR count). The van der Waals surface area contributed by atoms with Gasteiger partial charge in [0.25, 0.3) is 0 Å². The first-order chi connectivity index (χ1) is 11.6. The van der Waals surface area contributed by atoms with Gasteiger partial charge in [-0.05, 0) is 12.8 Å². The highest BCUT2D eigenvalue weighted by atomic mass is 16.5. The fraction of sp³-hybridized carbons (Fsp3) is 0.667. The second-order valence-corrected chi connectivity index (χ2v) is 6.26. The number of pyridine rings is 1. The summed E-state index contributed by atoms with van der Waals surface area (Å²) in [5.74, 6) is 0.458. The number of aliphatic carboxylic acids is 1. The first-order valence-electron chi connectivity index (χ1n) is 8.83. The summed E-state index contributed by atoms with van der Waals surface area (Å²) in [6, 6.07) is 1.92. The second-order valence-electron chi connectivity index (χ2n) is 6.26. The van der Waals surface area contributed by atoms with E-state index in [-0.39, 0.29) is 5.92 Å². The number of carbonyl (C=O) groups is 1. The Kier molecular flexibility index (Phi) is 7.31. The number of carboxylic acid groups (broad SMARTS) is 1. The summed E-state index contributed by atoms with van der Waals surface area (Å²) in [6.07, 6.45) is 5.88. The van der Waals surface area contributed by atoms with Gasteiger partial charge in [-0.25, -0.2) is 0 Å². The van der Waals surface area contributed by atoms with Crippen molar-refractivity contribution in [1.82, 2.24) is 9.88 Å². The zero-order valence-electron chi connectivity index (χ0n) is 14.7. The molecule has 0 aliphatic carbocycles. The third-order valence-electron chi connectivity index (χ3n) is 4.09. The molecule has 1 saturated heterocycles. The summed E-state index contributed by atoms with van der Waals surface area (Å²) >= 11 is 0. The van der Waals surface area contributed by atoms with Gasteiger partial charge in [0, 0.05) is 25.7 Å². The van der Waals surface area contributed by atoms with Crippen LogP contribution >= 0.6 is 0 Å². The van der Waals surface area contributed by atoms with Crippen LogP contribution in [0.3, 0.4) is 0 Å². The van der Waals surface area contributed by atoms with Crippen LogP contribution < -0.4 is 9.47 Å². The average molecular weight is 336 g/mol. The first-order valence-corrected chi connectivity index (χ1v) is 8.83. The van der Waals surface area contributed by atoms with Gasteiger partial charge in [-0.15, -0.1) is 0 Å². The normalized spacial score (nSPS) is 15.1. The maximum atomic E-state index is 10.9. The highest BCUT2D eigenvalue weighted by Crippen LogP contribution is 2.29. The number of rotatable bonds is 11. The Morgan fingerprint density at radius 1 is 1.21 bits per heavy atom. The molecule has 134 valence electrons. The molecule has 0 unspecified atom stereocenters. The molecule has 6 heteroatoms. The minimum atomic E-state index is -0.720. The number of carboxylic acids is 1. The van der Waals surface area contributed by atoms with Crippen LogP contribution in [0.25, 0.3) is 0 Å². The number of unbranched alkanes of at least 4 members (excludes halogenated alkanes) is 2. The van der Waals surface area contributed by atoms with E-state index in [1.165, 1.54) is 0 Å². The SMILES string of the molecule is CCCCOc1cnc(CN2CC(C(=O)O)C2)cc1OCCCC. The van der Waals surface area contributed by atoms with Gasteiger partial charge >= 0.3 is 5.97 Å². The standard InChI is InChI=1S/C18H28N2O4/c1-3-5-7-23-16-9-15(13-20-11-14(12-20)18(21)22)19-10-17(16)24-8-6-4-2/h9-10,14H,3-8,11-13H2,1-2H3,(H,21,22). The molecule has 1 aliphatic rings. The van der Waals surface area contributed by atoms with E-state index < -0.39 is 5.97 Å². The van der Waals surface area contributed by atoms with Crippen molar-refractivity contribution >= 4 is 5.97 Å². The van der Waals surface area contributed by atoms with Crippen LogP contribution in [0, 0.1) is 5.92 Å². The molecule has 0 saturated carbocycles. The maximum absolute atomic E-state index is 10.9. The Bertz CT molecular complexity index is 530. The lowest BCUT2D eigenvalue weighted by molar-refractivity contribution is -0.147. The Labute approximate surface area is 143 Å². The van der Waals surface area contributed by atoms with Crippen molar-refractivity contribution in [2.24, 2.45) is 5.92 Å². The van der Waals surface area contributed by atoms with Gasteiger partial charge in [-0.1, -0.05) is 26.7 Å². The van der Waals surface area contributed by atoms with Crippen LogP contribution in [0.4, 0.5) is 0 Å². The lowest BCUT2D eigenvalue weighted by Gasteiger charge is -2.36. The molecule has 0 spiro atoms. The molecule has 0 radical (unpaired) electrons. The number of nitrogens with zero attached hydrogens (tertiary/aromatic N) is 2. The largest absolute Gasteiger partial charge is 0.490 e. The molecule has 0 bridgehead atoms. The van der Waals surface area contributed by atoms with Crippen LogP contribution in [-0.4, -0.2) is 47.3 Å². The van der Waals surface area contributed by atoms with Gasteiger partial charge in [0.2, 0.25) is 0 Å². The topological polar surface area (TPSA) is 71.9 Å². The third-order valence-corrected chi connectivity index (χ3v) is 4.09. The molecule has 1 aromatic rings. The Morgan fingerprint density at radius 2 is 1.83 bits per heavy atom. The molecule has 1 fully saturated rings. The third kappa shape index (κ3) is 5.37. The van der Waals surface area contributed by atoms with Gasteiger partial charge in [-0.3, -0.25) is 14.7 Å². The zero-order chi connectivity index (χ0) is 17.4. The average Bonchev–Trinajstić information content (AvgIpc) is 2.52. The molecular weight excluding hydrogens is 308 g/mol. The van der Waals surface area contributed by atoms with Gasteiger partial charge in [0.1, 0.15) is 0 Å². The van der Waals surface area contributed by atoms with Crippen molar-refractivity contribution < 1.29 is 19.4 Å². The molecule has 1 aliphatic heterocycles. The van der Waals surface area contributed by atoms with E-state index in [0.29, 0.717) is 38.6 Å². The van der Waals surface area contributed by atoms with Crippen LogP contribution in [0.2, 0.25) is 0 Å². The predicted molar refractivity (Wildman–Crippen MR) is 91.4 cm³/mol. The van der Waals surface area contributed by atoms with Gasteiger partial charge in [0.05, 0.1) is 31.0 Å². The smallest absolute Gasteiger partial charge is 0.309 e. The van der Waals surface area contributed by atoms with Gasteiger partial charge < -0.3 is 14.6 Å². The molecule has 0 atom stereocenters. The van der Waals surface area contributed by atoms with E-state index in [1.807, 2.05) is 6.07 Å². The summed E-state index contributed by atoms with van der Waals surface area (Å²) in [7, 11) is 0. The van der Waals surface area contributed by atoms with E-state index in [9.17, 15) is 4.79 Å². The second kappa shape index (κ2) is 9.47. The molecule has 2 heterocycles. The van der Waals surface area contributed by atoms with Gasteiger partial charge in [-0.2, -0.15) is 0 Å². The van der Waals surface area contributed by atoms with Crippen molar-refractivity contribution in [3.63, 3.8) is 0 Å². The predicted octanol–water partition coefficient (Wildman–Crippen LogP) is 2.96. The Morgan fingerprint density at radius 3 is 2.42 bits per heavy atom. The first kappa shape index (κ1) is 18.5. The van der Waals surface area contributed by atoms with Crippen molar-refractivity contribution in [2.75, 3.05) is 26.3 Å². The highest BCUT2D eigenvalue weighted by Gasteiger charge is 2.32. The minimum Gasteiger partial charge on any atom is -0.490 e. The van der Waals surface area contributed by atoms with Crippen molar-refractivity contribution in [3.8, 4) is 11.5 Å². The molecule has 1 aromatic heterocycles. The summed E-state index contributed by atoms with van der Waals surface area (Å²) in [4.78, 5) is 17.4. The quantitative estimate of drug-likeness (QED) is 0.626. The number of hydrogen-bond acceptors (Lipinski definition) is 5. The number of hydrogen-bond donors (Lipinski definition) is 1. The van der Waals surface area contributed by atoms with E-state index in [0.717, 1.165) is 37.1 Å². The molecular formula is C18H28N2O4. The lowest BCUT2D eigenvalue weighted by Crippen LogP contribution is -2.49. The van der Waals surface area contributed by atoms with Crippen molar-refractivity contribution in [3.05, 3.63) is 18.0 Å². The lowest BCUT2D eigenvalue weighted by atomic mass is 10.0. The van der Waals surface area contributed by atoms with Crippen LogP contribution in [0.15, 0.2) is 12.3 Å². The maximum Gasteiger partial charge on any atom is 0.309 e. The number of likely N-dealkylation sites (tertiary alicyclic amines) is 1. The highest BCUT2D eigenvalue weighted by molar-refractivity contribution is 5.71. The van der Waals surface area contributed by atoms with Crippen LogP contribution in [0.1, 0.15) is 45.2 Å². The molecule has 1 N–H and O–H groups in total. The fourth-order valence-electron chi connectivity index (χ4n) is 2.51. The summed E-state index contributed by atoms with van der Waals surface area (Å²) in [5.41, 5.74) is 0.883. The Balaban J connectivity index is 1.96. The summed E-state index contributed by atoms with van der Waals surface area (Å²) < 4.78 is 11.6. The van der Waals surface area contributed by atoms with Crippen LogP contribution in [0.5, 0.6) is 11.5 Å². The Hall–Kier alpha value is -1.82. The van der Waals surface area contributed by atoms with E-state index in [2.05, 4.69) is 23.7 Å². The monoisotopic (exact) mass is 336 g/mol. The van der Waals surface area contributed by atoms with Crippen molar-refractivity contribution in [2.45, 2.75) is 46.1 Å². The van der Waals surface area contributed by atoms with Crippen molar-refractivity contribution in [1.29, 1.82) is 0 Å². The fourth-order valence-corrected chi connectivity index (χ4v) is 2.51. The summed E-state index contributed by atoms with van der Waals surface area (Å²) in [6.45, 7) is 7.38. The van der Waals surface area contributed by atoms with E-state index >= 15 is 0 Å². The molecule has 6 nitrogen and oxygen atoms in total. The number of aromatic nitrogens is 1. The summed E-state index contributed by atoms with van der Waals surface area (Å²) in [5, 5.41) is 8.94. The zero-order valence-corrected chi connectivity index (χ0v) is 14.7. The molecule has 0 aromatic carbocycles. The molecule has 0 amide bonds. The minimum absolute atomic E-state index is 0.248. The number of ether oxygens (including phenoxy) is 2.